The van der Waals surface area contributed by atoms with Crippen molar-refractivity contribution in [2.24, 2.45) is 10.9 Å². The van der Waals surface area contributed by atoms with Crippen LogP contribution in [0.25, 0.3) is 0 Å². The van der Waals surface area contributed by atoms with Crippen molar-refractivity contribution in [1.29, 1.82) is 0 Å². The number of aliphatic imine (C=N–C) groups is 1. The quantitative estimate of drug-likeness (QED) is 0.457. The van der Waals surface area contributed by atoms with Crippen LogP contribution in [0.15, 0.2) is 21.8 Å². The van der Waals surface area contributed by atoms with Crippen molar-refractivity contribution in [3.8, 4) is 0 Å². The van der Waals surface area contributed by atoms with Gasteiger partial charge in [0.15, 0.2) is 5.96 Å². The van der Waals surface area contributed by atoms with E-state index < -0.39 is 0 Å². The molecule has 1 aromatic heterocycles. The number of guanidine groups is 1. The van der Waals surface area contributed by atoms with Crippen molar-refractivity contribution in [2.45, 2.75) is 38.5 Å². The maximum atomic E-state index is 4.27. The molecule has 2 N–H and O–H groups in total. The Morgan fingerprint density at radius 2 is 2.32 bits per heavy atom. The molecule has 0 amide bonds. The van der Waals surface area contributed by atoms with Gasteiger partial charge in [0.05, 0.1) is 0 Å². The fourth-order valence-electron chi connectivity index (χ4n) is 2.15. The van der Waals surface area contributed by atoms with Crippen LogP contribution in [-0.4, -0.2) is 26.1 Å². The topological polar surface area (TPSA) is 36.4 Å². The second-order valence-corrected chi connectivity index (χ2v) is 6.20. The third-order valence-electron chi connectivity index (χ3n) is 3.69. The molecular weight excluding hydrogens is 254 g/mol. The molecule has 1 aliphatic carbocycles. The first-order valence-corrected chi connectivity index (χ1v) is 8.20. The molecule has 3 nitrogen and oxygen atoms in total. The molecule has 0 saturated heterocycles. The Morgan fingerprint density at radius 3 is 2.95 bits per heavy atom. The molecule has 0 bridgehead atoms. The molecule has 0 radical (unpaired) electrons. The normalized spacial score (nSPS) is 17.3. The van der Waals surface area contributed by atoms with Gasteiger partial charge in [-0.2, -0.15) is 11.3 Å². The van der Waals surface area contributed by atoms with Crippen LogP contribution in [-0.2, 0) is 0 Å². The van der Waals surface area contributed by atoms with Crippen LogP contribution in [0.5, 0.6) is 0 Å². The third kappa shape index (κ3) is 5.23. The standard InChI is InChI=1S/C15H25N3S/c1-12(14-7-9-19-11-14)10-18-15(16-2)17-8-3-4-13-5-6-13/h7,9,11-13H,3-6,8,10H2,1-2H3,(H2,16,17,18). The van der Waals surface area contributed by atoms with Gasteiger partial charge in [0.25, 0.3) is 0 Å². The number of nitrogens with zero attached hydrogens (tertiary/aromatic N) is 1. The average molecular weight is 279 g/mol. The number of thiophene rings is 1. The highest BCUT2D eigenvalue weighted by Gasteiger charge is 2.19. The highest BCUT2D eigenvalue weighted by atomic mass is 32.1. The van der Waals surface area contributed by atoms with Gasteiger partial charge in [-0.1, -0.05) is 19.8 Å². The maximum absolute atomic E-state index is 4.27. The number of nitrogens with one attached hydrogen (secondary N) is 2. The summed E-state index contributed by atoms with van der Waals surface area (Å²) in [4.78, 5) is 4.27. The summed E-state index contributed by atoms with van der Waals surface area (Å²) in [6.07, 6.45) is 5.52. The van der Waals surface area contributed by atoms with Gasteiger partial charge in [0.1, 0.15) is 0 Å². The van der Waals surface area contributed by atoms with Crippen molar-refractivity contribution < 1.29 is 0 Å². The van der Waals surface area contributed by atoms with Gasteiger partial charge in [0.2, 0.25) is 0 Å². The van der Waals surface area contributed by atoms with E-state index in [-0.39, 0.29) is 0 Å². The molecule has 1 heterocycles. The second-order valence-electron chi connectivity index (χ2n) is 5.42. The minimum Gasteiger partial charge on any atom is -0.356 e. The number of rotatable bonds is 7. The maximum Gasteiger partial charge on any atom is 0.190 e. The summed E-state index contributed by atoms with van der Waals surface area (Å²) in [5.41, 5.74) is 1.40. The molecule has 1 aliphatic rings. The zero-order valence-electron chi connectivity index (χ0n) is 12.0. The average Bonchev–Trinajstić information content (AvgIpc) is 3.08. The molecule has 0 aromatic carbocycles. The van der Waals surface area contributed by atoms with E-state index in [1.54, 1.807) is 11.3 Å². The molecule has 1 saturated carbocycles. The molecule has 1 aromatic rings. The lowest BCUT2D eigenvalue weighted by Crippen LogP contribution is -2.39. The molecule has 19 heavy (non-hydrogen) atoms. The van der Waals surface area contributed by atoms with E-state index in [4.69, 9.17) is 0 Å². The molecule has 1 unspecified atom stereocenters. The van der Waals surface area contributed by atoms with E-state index in [0.29, 0.717) is 5.92 Å². The largest absolute Gasteiger partial charge is 0.356 e. The fraction of sp³-hybridized carbons (Fsp3) is 0.667. The lowest BCUT2D eigenvalue weighted by atomic mass is 10.1. The summed E-state index contributed by atoms with van der Waals surface area (Å²) in [5.74, 6) is 2.48. The van der Waals surface area contributed by atoms with Gasteiger partial charge >= 0.3 is 0 Å². The van der Waals surface area contributed by atoms with Crippen molar-refractivity contribution in [2.75, 3.05) is 20.1 Å². The van der Waals surface area contributed by atoms with Gasteiger partial charge in [0, 0.05) is 20.1 Å². The Labute approximate surface area is 120 Å². The fourth-order valence-corrected chi connectivity index (χ4v) is 2.93. The summed E-state index contributed by atoms with van der Waals surface area (Å²) in [7, 11) is 1.84. The molecule has 1 fully saturated rings. The summed E-state index contributed by atoms with van der Waals surface area (Å²) < 4.78 is 0. The van der Waals surface area contributed by atoms with Crippen molar-refractivity contribution in [1.82, 2.24) is 10.6 Å². The van der Waals surface area contributed by atoms with E-state index in [1.165, 1.54) is 31.2 Å². The van der Waals surface area contributed by atoms with Gasteiger partial charge in [-0.15, -0.1) is 0 Å². The molecule has 2 rings (SSSR count). The summed E-state index contributed by atoms with van der Waals surface area (Å²) in [6.45, 7) is 4.21. The van der Waals surface area contributed by atoms with Crippen LogP contribution in [0.3, 0.4) is 0 Å². The van der Waals surface area contributed by atoms with Crippen molar-refractivity contribution in [3.05, 3.63) is 22.4 Å². The van der Waals surface area contributed by atoms with Crippen LogP contribution in [0.4, 0.5) is 0 Å². The van der Waals surface area contributed by atoms with Crippen LogP contribution in [0.1, 0.15) is 44.1 Å². The second kappa shape index (κ2) is 7.53. The number of hydrogen-bond donors (Lipinski definition) is 2. The first-order valence-electron chi connectivity index (χ1n) is 7.26. The first kappa shape index (κ1) is 14.4. The smallest absolute Gasteiger partial charge is 0.190 e. The van der Waals surface area contributed by atoms with Crippen LogP contribution >= 0.6 is 11.3 Å². The number of hydrogen-bond acceptors (Lipinski definition) is 2. The van der Waals surface area contributed by atoms with Gasteiger partial charge in [-0.25, -0.2) is 0 Å². The molecular formula is C15H25N3S. The molecule has 106 valence electrons. The molecule has 1 atom stereocenters. The lowest BCUT2D eigenvalue weighted by Gasteiger charge is -2.15. The monoisotopic (exact) mass is 279 g/mol. The predicted molar refractivity (Wildman–Crippen MR) is 84.1 cm³/mol. The minimum atomic E-state index is 0.524. The summed E-state index contributed by atoms with van der Waals surface area (Å²) >= 11 is 1.76. The van der Waals surface area contributed by atoms with Crippen molar-refractivity contribution >= 4 is 17.3 Å². The Kier molecular flexibility index (Phi) is 5.70. The third-order valence-corrected chi connectivity index (χ3v) is 4.39. The van der Waals surface area contributed by atoms with E-state index >= 15 is 0 Å². The molecule has 0 spiro atoms. The molecule has 0 aliphatic heterocycles. The Morgan fingerprint density at radius 1 is 1.47 bits per heavy atom. The SMILES string of the molecule is CN=C(NCCCC1CC1)NCC(C)c1ccsc1. The summed E-state index contributed by atoms with van der Waals surface area (Å²) in [6, 6.07) is 2.20. The van der Waals surface area contributed by atoms with E-state index in [2.05, 4.69) is 39.4 Å². The Hall–Kier alpha value is -1.03. The minimum absolute atomic E-state index is 0.524. The van der Waals surface area contributed by atoms with Gasteiger partial charge < -0.3 is 10.6 Å². The van der Waals surface area contributed by atoms with Crippen molar-refractivity contribution in [3.63, 3.8) is 0 Å². The van der Waals surface area contributed by atoms with E-state index in [1.807, 2.05) is 7.05 Å². The Bertz CT molecular complexity index is 382. The van der Waals surface area contributed by atoms with Crippen LogP contribution < -0.4 is 10.6 Å². The zero-order valence-corrected chi connectivity index (χ0v) is 12.8. The van der Waals surface area contributed by atoms with Gasteiger partial charge in [-0.3, -0.25) is 4.99 Å². The first-order chi connectivity index (χ1) is 9.29. The van der Waals surface area contributed by atoms with Gasteiger partial charge in [-0.05, 0) is 47.1 Å². The van der Waals surface area contributed by atoms with E-state index in [0.717, 1.165) is 25.0 Å². The van der Waals surface area contributed by atoms with E-state index in [9.17, 15) is 0 Å². The van der Waals surface area contributed by atoms with Crippen LogP contribution in [0, 0.1) is 5.92 Å². The highest BCUT2D eigenvalue weighted by molar-refractivity contribution is 7.07. The predicted octanol–water partition coefficient (Wildman–Crippen LogP) is 3.21. The zero-order chi connectivity index (χ0) is 13.5. The Balaban J connectivity index is 1.61. The highest BCUT2D eigenvalue weighted by Crippen LogP contribution is 2.33. The van der Waals surface area contributed by atoms with Crippen LogP contribution in [0.2, 0.25) is 0 Å². The lowest BCUT2D eigenvalue weighted by molar-refractivity contribution is 0.638. The summed E-state index contributed by atoms with van der Waals surface area (Å²) in [5, 5.41) is 11.2. The molecule has 4 heteroatoms.